The van der Waals surface area contributed by atoms with Crippen LogP contribution in [0.5, 0.6) is 5.75 Å². The van der Waals surface area contributed by atoms with Crippen LogP contribution < -0.4 is 15.4 Å². The molecule has 116 valence electrons. The van der Waals surface area contributed by atoms with Crippen LogP contribution in [0.2, 0.25) is 0 Å². The Labute approximate surface area is 127 Å². The third kappa shape index (κ3) is 4.74. The van der Waals surface area contributed by atoms with Crippen LogP contribution in [0.4, 0.5) is 0 Å². The molecule has 1 heterocycles. The van der Waals surface area contributed by atoms with Gasteiger partial charge in [0.2, 0.25) is 5.91 Å². The molecule has 21 heavy (non-hydrogen) atoms. The van der Waals surface area contributed by atoms with Gasteiger partial charge in [0, 0.05) is 12.5 Å². The van der Waals surface area contributed by atoms with Crippen molar-refractivity contribution < 1.29 is 9.53 Å². The van der Waals surface area contributed by atoms with Crippen LogP contribution in [0.15, 0.2) is 18.2 Å². The fourth-order valence-corrected chi connectivity index (χ4v) is 2.77. The summed E-state index contributed by atoms with van der Waals surface area (Å²) in [6.07, 6.45) is 2.83. The van der Waals surface area contributed by atoms with Crippen molar-refractivity contribution in [3.8, 4) is 5.75 Å². The zero-order valence-electron chi connectivity index (χ0n) is 13.2. The normalized spacial score (nSPS) is 19.3. The molecule has 1 aliphatic rings. The maximum Gasteiger partial charge on any atom is 0.221 e. The number of ether oxygens (including phenoxy) is 1. The number of amides is 1. The predicted molar refractivity (Wildman–Crippen MR) is 84.7 cm³/mol. The van der Waals surface area contributed by atoms with Gasteiger partial charge in [0.25, 0.3) is 0 Å². The van der Waals surface area contributed by atoms with Gasteiger partial charge in [0.05, 0.1) is 6.04 Å². The van der Waals surface area contributed by atoms with Crippen LogP contribution in [-0.2, 0) is 4.79 Å². The number of aryl methyl sites for hydroxylation is 2. The fraction of sp³-hybridized carbons (Fsp3) is 0.588. The van der Waals surface area contributed by atoms with E-state index < -0.39 is 0 Å². The Balaban J connectivity index is 1.76. The van der Waals surface area contributed by atoms with E-state index >= 15 is 0 Å². The van der Waals surface area contributed by atoms with Crippen molar-refractivity contribution in [3.05, 3.63) is 29.3 Å². The standard InChI is InChI=1S/C17H26N2O2/c1-12-6-4-7-13(2)17(12)21-11-14(3)19-16(20)10-15-8-5-9-18-15/h4,6-7,14-15,18H,5,8-11H2,1-3H3,(H,19,20). The molecule has 2 N–H and O–H groups in total. The highest BCUT2D eigenvalue weighted by Crippen LogP contribution is 2.22. The van der Waals surface area contributed by atoms with Crippen LogP contribution in [0, 0.1) is 13.8 Å². The Bertz CT molecular complexity index is 461. The first-order valence-corrected chi connectivity index (χ1v) is 7.78. The molecular weight excluding hydrogens is 264 g/mol. The summed E-state index contributed by atoms with van der Waals surface area (Å²) >= 11 is 0. The average Bonchev–Trinajstić information content (AvgIpc) is 2.90. The Kier molecular flexibility index (Phi) is 5.62. The number of para-hydroxylation sites is 1. The second-order valence-corrected chi connectivity index (χ2v) is 6.00. The largest absolute Gasteiger partial charge is 0.491 e. The number of carbonyl (C=O) groups excluding carboxylic acids is 1. The fourth-order valence-electron chi connectivity index (χ4n) is 2.77. The van der Waals surface area contributed by atoms with Crippen LogP contribution in [0.3, 0.4) is 0 Å². The van der Waals surface area contributed by atoms with Crippen molar-refractivity contribution >= 4 is 5.91 Å². The average molecular weight is 290 g/mol. The molecule has 1 amide bonds. The first-order chi connectivity index (χ1) is 10.1. The van der Waals surface area contributed by atoms with Crippen molar-refractivity contribution in [3.63, 3.8) is 0 Å². The topological polar surface area (TPSA) is 50.4 Å². The zero-order chi connectivity index (χ0) is 15.2. The summed E-state index contributed by atoms with van der Waals surface area (Å²) in [6, 6.07) is 6.46. The Hall–Kier alpha value is -1.55. The second-order valence-electron chi connectivity index (χ2n) is 6.00. The first-order valence-electron chi connectivity index (χ1n) is 7.78. The molecule has 2 unspecified atom stereocenters. The molecule has 1 saturated heterocycles. The van der Waals surface area contributed by atoms with E-state index in [2.05, 4.69) is 10.6 Å². The summed E-state index contributed by atoms with van der Waals surface area (Å²) in [5.41, 5.74) is 2.26. The minimum absolute atomic E-state index is 0.0120. The molecule has 4 nitrogen and oxygen atoms in total. The van der Waals surface area contributed by atoms with Crippen LogP contribution >= 0.6 is 0 Å². The summed E-state index contributed by atoms with van der Waals surface area (Å²) < 4.78 is 5.87. The highest BCUT2D eigenvalue weighted by atomic mass is 16.5. The van der Waals surface area contributed by atoms with E-state index in [-0.39, 0.29) is 11.9 Å². The lowest BCUT2D eigenvalue weighted by atomic mass is 10.1. The number of hydrogen-bond acceptors (Lipinski definition) is 3. The third-order valence-corrected chi connectivity index (χ3v) is 3.89. The molecular formula is C17H26N2O2. The van der Waals surface area contributed by atoms with Gasteiger partial charge < -0.3 is 15.4 Å². The third-order valence-electron chi connectivity index (χ3n) is 3.89. The van der Waals surface area contributed by atoms with Crippen LogP contribution in [0.25, 0.3) is 0 Å². The van der Waals surface area contributed by atoms with E-state index in [1.807, 2.05) is 39.0 Å². The van der Waals surface area contributed by atoms with Crippen molar-refractivity contribution in [2.75, 3.05) is 13.2 Å². The van der Waals surface area contributed by atoms with Crippen molar-refractivity contribution in [2.45, 2.75) is 52.1 Å². The lowest BCUT2D eigenvalue weighted by Gasteiger charge is -2.18. The Morgan fingerprint density at radius 3 is 2.76 bits per heavy atom. The van der Waals surface area contributed by atoms with Gasteiger partial charge in [-0.3, -0.25) is 4.79 Å². The maximum atomic E-state index is 11.9. The highest BCUT2D eigenvalue weighted by molar-refractivity contribution is 5.76. The number of hydrogen-bond donors (Lipinski definition) is 2. The SMILES string of the molecule is Cc1cccc(C)c1OCC(C)NC(=O)CC1CCCN1. The van der Waals surface area contributed by atoms with Gasteiger partial charge in [-0.15, -0.1) is 0 Å². The van der Waals surface area contributed by atoms with Gasteiger partial charge in [-0.2, -0.15) is 0 Å². The lowest BCUT2D eigenvalue weighted by Crippen LogP contribution is -2.39. The van der Waals surface area contributed by atoms with Crippen LogP contribution in [0.1, 0.15) is 37.3 Å². The summed E-state index contributed by atoms with van der Waals surface area (Å²) in [5.74, 6) is 1.03. The molecule has 0 radical (unpaired) electrons. The van der Waals surface area contributed by atoms with Gasteiger partial charge in [-0.1, -0.05) is 18.2 Å². The Morgan fingerprint density at radius 1 is 1.43 bits per heavy atom. The van der Waals surface area contributed by atoms with Gasteiger partial charge in [-0.05, 0) is 51.3 Å². The maximum absolute atomic E-state index is 11.9. The molecule has 0 aromatic heterocycles. The molecule has 1 aliphatic heterocycles. The first kappa shape index (κ1) is 15.8. The van der Waals surface area contributed by atoms with E-state index in [1.165, 1.54) is 6.42 Å². The Morgan fingerprint density at radius 2 is 2.14 bits per heavy atom. The number of nitrogens with one attached hydrogen (secondary N) is 2. The van der Waals surface area contributed by atoms with E-state index in [1.54, 1.807) is 0 Å². The van der Waals surface area contributed by atoms with E-state index in [0.29, 0.717) is 19.1 Å². The van der Waals surface area contributed by atoms with E-state index in [0.717, 1.165) is 29.8 Å². The van der Waals surface area contributed by atoms with Crippen molar-refractivity contribution in [1.29, 1.82) is 0 Å². The molecule has 2 atom stereocenters. The van der Waals surface area contributed by atoms with Crippen LogP contribution in [-0.4, -0.2) is 31.1 Å². The van der Waals surface area contributed by atoms with Gasteiger partial charge in [0.1, 0.15) is 12.4 Å². The molecule has 0 saturated carbocycles. The summed E-state index contributed by atoms with van der Waals surface area (Å²) in [4.78, 5) is 11.9. The number of carbonyl (C=O) groups is 1. The monoisotopic (exact) mass is 290 g/mol. The van der Waals surface area contributed by atoms with Gasteiger partial charge in [0.15, 0.2) is 0 Å². The summed E-state index contributed by atoms with van der Waals surface area (Å²) in [5, 5.41) is 6.35. The number of rotatable bonds is 6. The molecule has 0 bridgehead atoms. The smallest absolute Gasteiger partial charge is 0.221 e. The highest BCUT2D eigenvalue weighted by Gasteiger charge is 2.18. The molecule has 1 fully saturated rings. The van der Waals surface area contributed by atoms with Gasteiger partial charge >= 0.3 is 0 Å². The molecule has 1 aromatic rings. The molecule has 1 aromatic carbocycles. The second kappa shape index (κ2) is 7.46. The molecule has 4 heteroatoms. The predicted octanol–water partition coefficient (Wildman–Crippen LogP) is 2.33. The molecule has 0 spiro atoms. The summed E-state index contributed by atoms with van der Waals surface area (Å²) in [6.45, 7) is 7.58. The van der Waals surface area contributed by atoms with Crippen molar-refractivity contribution in [2.24, 2.45) is 0 Å². The minimum atomic E-state index is 0.0120. The quantitative estimate of drug-likeness (QED) is 0.845. The zero-order valence-corrected chi connectivity index (χ0v) is 13.2. The summed E-state index contributed by atoms with van der Waals surface area (Å²) in [7, 11) is 0. The van der Waals surface area contributed by atoms with E-state index in [4.69, 9.17) is 4.74 Å². The molecule has 0 aliphatic carbocycles. The number of benzene rings is 1. The lowest BCUT2D eigenvalue weighted by molar-refractivity contribution is -0.122. The van der Waals surface area contributed by atoms with Gasteiger partial charge in [-0.25, -0.2) is 0 Å². The minimum Gasteiger partial charge on any atom is -0.491 e. The molecule has 2 rings (SSSR count). The van der Waals surface area contributed by atoms with Crippen molar-refractivity contribution in [1.82, 2.24) is 10.6 Å². The van der Waals surface area contributed by atoms with E-state index in [9.17, 15) is 4.79 Å².